The third-order valence-electron chi connectivity index (χ3n) is 1.81. The molecule has 0 aliphatic heterocycles. The van der Waals surface area contributed by atoms with Crippen molar-refractivity contribution in [2.75, 3.05) is 33.7 Å². The maximum atomic E-state index is 3.35. The number of rotatable bonds is 6. The summed E-state index contributed by atoms with van der Waals surface area (Å²) >= 11 is 0. The number of hydrogen-bond donors (Lipinski definition) is 1. The fourth-order valence-corrected chi connectivity index (χ4v) is 0.971. The van der Waals surface area contributed by atoms with Crippen molar-refractivity contribution < 1.29 is 0 Å². The Bertz CT molecular complexity index is 81.6. The van der Waals surface area contributed by atoms with E-state index in [-0.39, 0.29) is 0 Å². The van der Waals surface area contributed by atoms with E-state index in [1.54, 1.807) is 0 Å². The van der Waals surface area contributed by atoms with Crippen molar-refractivity contribution in [1.29, 1.82) is 0 Å². The molecule has 68 valence electrons. The summed E-state index contributed by atoms with van der Waals surface area (Å²) in [6, 6.07) is 0. The van der Waals surface area contributed by atoms with Crippen LogP contribution in [0.1, 0.15) is 20.3 Å². The van der Waals surface area contributed by atoms with Crippen LogP contribution >= 0.6 is 0 Å². The van der Waals surface area contributed by atoms with Crippen LogP contribution in [0.2, 0.25) is 0 Å². The average molecular weight is 158 g/mol. The molecule has 0 saturated heterocycles. The van der Waals surface area contributed by atoms with Gasteiger partial charge in [0, 0.05) is 0 Å². The van der Waals surface area contributed by atoms with Gasteiger partial charge in [-0.1, -0.05) is 13.8 Å². The standard InChI is InChI=1S/C9H22N2/c1-5-10-8-9(2)6-7-11(3)4/h9-10H,5-8H2,1-4H3. The first-order valence-corrected chi connectivity index (χ1v) is 4.52. The third kappa shape index (κ3) is 7.82. The van der Waals surface area contributed by atoms with E-state index in [0.717, 1.165) is 19.0 Å². The molecule has 0 spiro atoms. The van der Waals surface area contributed by atoms with Crippen LogP contribution in [0.15, 0.2) is 0 Å². The lowest BCUT2D eigenvalue weighted by atomic mass is 10.1. The Hall–Kier alpha value is -0.0800. The SMILES string of the molecule is CCNCC(C)CCN(C)C. The second-order valence-electron chi connectivity index (χ2n) is 3.50. The van der Waals surface area contributed by atoms with Crippen molar-refractivity contribution in [2.24, 2.45) is 5.92 Å². The highest BCUT2D eigenvalue weighted by atomic mass is 15.0. The van der Waals surface area contributed by atoms with E-state index in [1.807, 2.05) is 0 Å². The van der Waals surface area contributed by atoms with Crippen molar-refractivity contribution >= 4 is 0 Å². The lowest BCUT2D eigenvalue weighted by Crippen LogP contribution is -2.24. The monoisotopic (exact) mass is 158 g/mol. The van der Waals surface area contributed by atoms with E-state index in [9.17, 15) is 0 Å². The first-order chi connectivity index (χ1) is 5.16. The minimum Gasteiger partial charge on any atom is -0.317 e. The molecule has 0 heterocycles. The van der Waals surface area contributed by atoms with Crippen LogP contribution in [0.3, 0.4) is 0 Å². The van der Waals surface area contributed by atoms with Crippen LogP contribution in [-0.2, 0) is 0 Å². The molecule has 0 bridgehead atoms. The first-order valence-electron chi connectivity index (χ1n) is 4.52. The molecule has 1 atom stereocenters. The van der Waals surface area contributed by atoms with Crippen LogP contribution in [-0.4, -0.2) is 38.6 Å². The molecular formula is C9H22N2. The lowest BCUT2D eigenvalue weighted by molar-refractivity contribution is 0.354. The molecule has 0 aromatic carbocycles. The maximum absolute atomic E-state index is 3.35. The highest BCUT2D eigenvalue weighted by molar-refractivity contribution is 4.57. The largest absolute Gasteiger partial charge is 0.317 e. The van der Waals surface area contributed by atoms with E-state index in [2.05, 4.69) is 38.2 Å². The number of nitrogens with one attached hydrogen (secondary N) is 1. The van der Waals surface area contributed by atoms with Crippen LogP contribution in [0.4, 0.5) is 0 Å². The van der Waals surface area contributed by atoms with E-state index >= 15 is 0 Å². The summed E-state index contributed by atoms with van der Waals surface area (Å²) < 4.78 is 0. The van der Waals surface area contributed by atoms with Crippen molar-refractivity contribution in [1.82, 2.24) is 10.2 Å². The van der Waals surface area contributed by atoms with Crippen LogP contribution in [0.5, 0.6) is 0 Å². The van der Waals surface area contributed by atoms with Gasteiger partial charge < -0.3 is 10.2 Å². The van der Waals surface area contributed by atoms with E-state index in [4.69, 9.17) is 0 Å². The highest BCUT2D eigenvalue weighted by Crippen LogP contribution is 1.99. The zero-order valence-electron chi connectivity index (χ0n) is 8.35. The second-order valence-corrected chi connectivity index (χ2v) is 3.50. The summed E-state index contributed by atoms with van der Waals surface area (Å²) in [4.78, 5) is 2.24. The van der Waals surface area contributed by atoms with Crippen LogP contribution in [0, 0.1) is 5.92 Å². The van der Waals surface area contributed by atoms with Crippen molar-refractivity contribution in [2.45, 2.75) is 20.3 Å². The molecule has 0 saturated carbocycles. The molecule has 1 unspecified atom stereocenters. The Morgan fingerprint density at radius 1 is 1.36 bits per heavy atom. The van der Waals surface area contributed by atoms with Crippen molar-refractivity contribution in [3.05, 3.63) is 0 Å². The third-order valence-corrected chi connectivity index (χ3v) is 1.81. The molecule has 0 radical (unpaired) electrons. The van der Waals surface area contributed by atoms with Gasteiger partial charge in [-0.05, 0) is 46.1 Å². The van der Waals surface area contributed by atoms with E-state index < -0.39 is 0 Å². The molecule has 2 heteroatoms. The lowest BCUT2D eigenvalue weighted by Gasteiger charge is -2.14. The predicted octanol–water partition coefficient (Wildman–Crippen LogP) is 1.18. The number of hydrogen-bond acceptors (Lipinski definition) is 2. The van der Waals surface area contributed by atoms with Crippen molar-refractivity contribution in [3.8, 4) is 0 Å². The molecule has 0 aliphatic carbocycles. The van der Waals surface area contributed by atoms with Crippen molar-refractivity contribution in [3.63, 3.8) is 0 Å². The Labute approximate surface area is 71.0 Å². The second kappa shape index (κ2) is 6.62. The van der Waals surface area contributed by atoms with Gasteiger partial charge in [-0.3, -0.25) is 0 Å². The molecular weight excluding hydrogens is 136 g/mol. The van der Waals surface area contributed by atoms with E-state index in [1.165, 1.54) is 13.0 Å². The zero-order chi connectivity index (χ0) is 8.69. The predicted molar refractivity (Wildman–Crippen MR) is 50.9 cm³/mol. The normalized spacial score (nSPS) is 13.9. The van der Waals surface area contributed by atoms with Gasteiger partial charge in [0.25, 0.3) is 0 Å². The molecule has 0 aromatic rings. The van der Waals surface area contributed by atoms with E-state index in [0.29, 0.717) is 0 Å². The van der Waals surface area contributed by atoms with Gasteiger partial charge in [-0.25, -0.2) is 0 Å². The quantitative estimate of drug-likeness (QED) is 0.624. The highest BCUT2D eigenvalue weighted by Gasteiger charge is 2.00. The molecule has 2 nitrogen and oxygen atoms in total. The van der Waals surface area contributed by atoms with Gasteiger partial charge in [0.2, 0.25) is 0 Å². The summed E-state index contributed by atoms with van der Waals surface area (Å²) in [5.41, 5.74) is 0. The summed E-state index contributed by atoms with van der Waals surface area (Å²) in [6.07, 6.45) is 1.29. The molecule has 0 aromatic heterocycles. The molecule has 0 rings (SSSR count). The van der Waals surface area contributed by atoms with Gasteiger partial charge in [-0.2, -0.15) is 0 Å². The first kappa shape index (κ1) is 10.9. The molecule has 11 heavy (non-hydrogen) atoms. The Morgan fingerprint density at radius 3 is 2.45 bits per heavy atom. The fraction of sp³-hybridized carbons (Fsp3) is 1.00. The zero-order valence-corrected chi connectivity index (χ0v) is 8.35. The minimum atomic E-state index is 0.803. The average Bonchev–Trinajstić information content (AvgIpc) is 1.97. The van der Waals surface area contributed by atoms with Gasteiger partial charge >= 0.3 is 0 Å². The Balaban J connectivity index is 3.15. The van der Waals surface area contributed by atoms with Crippen LogP contribution < -0.4 is 5.32 Å². The molecule has 0 aliphatic rings. The van der Waals surface area contributed by atoms with Crippen LogP contribution in [0.25, 0.3) is 0 Å². The van der Waals surface area contributed by atoms with Gasteiger partial charge in [-0.15, -0.1) is 0 Å². The summed E-state index contributed by atoms with van der Waals surface area (Å²) in [7, 11) is 4.25. The maximum Gasteiger partial charge on any atom is -0.00218 e. The van der Waals surface area contributed by atoms with Gasteiger partial charge in [0.1, 0.15) is 0 Å². The fourth-order valence-electron chi connectivity index (χ4n) is 0.971. The Morgan fingerprint density at radius 2 is 2.00 bits per heavy atom. The molecule has 0 fully saturated rings. The number of nitrogens with zero attached hydrogens (tertiary/aromatic N) is 1. The summed E-state index contributed by atoms with van der Waals surface area (Å²) in [6.45, 7) is 7.90. The van der Waals surface area contributed by atoms with Gasteiger partial charge in [0.15, 0.2) is 0 Å². The molecule has 0 amide bonds. The van der Waals surface area contributed by atoms with Gasteiger partial charge in [0.05, 0.1) is 0 Å². The minimum absolute atomic E-state index is 0.803. The topological polar surface area (TPSA) is 15.3 Å². The molecule has 1 N–H and O–H groups in total. The summed E-state index contributed by atoms with van der Waals surface area (Å²) in [5.74, 6) is 0.803. The smallest absolute Gasteiger partial charge is 0.00218 e. The Kier molecular flexibility index (Phi) is 6.57. The summed E-state index contributed by atoms with van der Waals surface area (Å²) in [5, 5.41) is 3.35.